The van der Waals surface area contributed by atoms with Crippen LogP contribution in [-0.2, 0) is 21.2 Å². The zero-order valence-corrected chi connectivity index (χ0v) is 15.8. The van der Waals surface area contributed by atoms with Crippen LogP contribution in [0, 0.1) is 6.92 Å². The predicted molar refractivity (Wildman–Crippen MR) is 104 cm³/mol. The first-order valence-corrected chi connectivity index (χ1v) is 10.2. The van der Waals surface area contributed by atoms with Gasteiger partial charge in [-0.15, -0.1) is 0 Å². The Morgan fingerprint density at radius 3 is 2.44 bits per heavy atom. The van der Waals surface area contributed by atoms with Crippen molar-refractivity contribution in [2.75, 3.05) is 11.1 Å². The van der Waals surface area contributed by atoms with Crippen LogP contribution in [-0.4, -0.2) is 29.9 Å². The van der Waals surface area contributed by atoms with Gasteiger partial charge < -0.3 is 5.32 Å². The molecule has 0 atom stereocenters. The van der Waals surface area contributed by atoms with Gasteiger partial charge in [0.1, 0.15) is 5.82 Å². The van der Waals surface area contributed by atoms with Crippen molar-refractivity contribution >= 4 is 21.6 Å². The third-order valence-electron chi connectivity index (χ3n) is 4.14. The fourth-order valence-electron chi connectivity index (χ4n) is 2.62. The topological polar surface area (TPSA) is 81.1 Å². The number of hydrogen-bond acceptors (Lipinski definition) is 4. The molecule has 0 spiro atoms. The SMILES string of the molecule is Cc1ccc(S(=O)(=O)CCC(=O)Nc2ccnn2Cc2ccccc2)cc1. The molecule has 0 aliphatic rings. The maximum Gasteiger partial charge on any atom is 0.226 e. The van der Waals surface area contributed by atoms with Crippen LogP contribution in [0.5, 0.6) is 0 Å². The number of sulfone groups is 1. The first kappa shape index (κ1) is 18.8. The number of carbonyl (C=O) groups excluding carboxylic acids is 1. The fraction of sp³-hybridized carbons (Fsp3) is 0.200. The van der Waals surface area contributed by atoms with E-state index in [9.17, 15) is 13.2 Å². The van der Waals surface area contributed by atoms with Gasteiger partial charge in [0.15, 0.2) is 9.84 Å². The Hall–Kier alpha value is -2.93. The van der Waals surface area contributed by atoms with Crippen LogP contribution in [0.4, 0.5) is 5.82 Å². The molecule has 0 fully saturated rings. The van der Waals surface area contributed by atoms with Crippen LogP contribution in [0.1, 0.15) is 17.5 Å². The summed E-state index contributed by atoms with van der Waals surface area (Å²) in [5, 5.41) is 6.95. The second-order valence-electron chi connectivity index (χ2n) is 6.29. The van der Waals surface area contributed by atoms with Gasteiger partial charge in [-0.2, -0.15) is 5.10 Å². The van der Waals surface area contributed by atoms with Crippen LogP contribution in [0.25, 0.3) is 0 Å². The number of amides is 1. The van der Waals surface area contributed by atoms with Crippen molar-refractivity contribution in [2.24, 2.45) is 0 Å². The Kier molecular flexibility index (Phi) is 5.71. The van der Waals surface area contributed by atoms with E-state index in [1.54, 1.807) is 41.2 Å². The van der Waals surface area contributed by atoms with Crippen LogP contribution in [0.2, 0.25) is 0 Å². The number of nitrogens with one attached hydrogen (secondary N) is 1. The lowest BCUT2D eigenvalue weighted by Gasteiger charge is -2.09. The molecule has 3 aromatic rings. The maximum atomic E-state index is 12.4. The predicted octanol–water partition coefficient (Wildman–Crippen LogP) is 3.04. The number of aromatic nitrogens is 2. The maximum absolute atomic E-state index is 12.4. The van der Waals surface area contributed by atoms with Gasteiger partial charge in [0, 0.05) is 12.5 Å². The van der Waals surface area contributed by atoms with E-state index < -0.39 is 9.84 Å². The van der Waals surface area contributed by atoms with E-state index in [0.29, 0.717) is 12.4 Å². The number of aryl methyl sites for hydroxylation is 1. The van der Waals surface area contributed by atoms with Crippen molar-refractivity contribution in [3.05, 3.63) is 78.0 Å². The van der Waals surface area contributed by atoms with Gasteiger partial charge >= 0.3 is 0 Å². The van der Waals surface area contributed by atoms with Gasteiger partial charge in [0.25, 0.3) is 0 Å². The molecule has 1 heterocycles. The molecular formula is C20H21N3O3S. The average Bonchev–Trinajstić information content (AvgIpc) is 3.08. The van der Waals surface area contributed by atoms with E-state index in [2.05, 4.69) is 10.4 Å². The summed E-state index contributed by atoms with van der Waals surface area (Å²) in [4.78, 5) is 12.5. The van der Waals surface area contributed by atoms with Crippen molar-refractivity contribution in [3.63, 3.8) is 0 Å². The first-order valence-electron chi connectivity index (χ1n) is 8.59. The Labute approximate surface area is 158 Å². The molecule has 1 N–H and O–H groups in total. The highest BCUT2D eigenvalue weighted by atomic mass is 32.2. The second kappa shape index (κ2) is 8.18. The van der Waals surface area contributed by atoms with Crippen LogP contribution in [0.15, 0.2) is 71.8 Å². The number of rotatable bonds is 7. The molecule has 0 bridgehead atoms. The number of nitrogens with zero attached hydrogens (tertiary/aromatic N) is 2. The molecule has 0 radical (unpaired) electrons. The first-order chi connectivity index (χ1) is 12.9. The standard InChI is InChI=1S/C20H21N3O3S/c1-16-7-9-18(10-8-16)27(25,26)14-12-20(24)22-19-11-13-21-23(19)15-17-5-3-2-4-6-17/h2-11,13H,12,14-15H2,1H3,(H,22,24). The van der Waals surface area contributed by atoms with Crippen molar-refractivity contribution < 1.29 is 13.2 Å². The van der Waals surface area contributed by atoms with Crippen molar-refractivity contribution in [2.45, 2.75) is 24.8 Å². The highest BCUT2D eigenvalue weighted by molar-refractivity contribution is 7.91. The zero-order valence-electron chi connectivity index (χ0n) is 15.0. The summed E-state index contributed by atoms with van der Waals surface area (Å²) in [6, 6.07) is 18.1. The van der Waals surface area contributed by atoms with E-state index in [1.807, 2.05) is 37.3 Å². The summed E-state index contributed by atoms with van der Waals surface area (Å²) in [6.45, 7) is 2.41. The normalized spacial score (nSPS) is 11.3. The lowest BCUT2D eigenvalue weighted by atomic mass is 10.2. The molecule has 27 heavy (non-hydrogen) atoms. The Balaban J connectivity index is 1.60. The van der Waals surface area contributed by atoms with Gasteiger partial charge in [-0.1, -0.05) is 48.0 Å². The Morgan fingerprint density at radius 2 is 1.74 bits per heavy atom. The molecule has 6 nitrogen and oxygen atoms in total. The smallest absolute Gasteiger partial charge is 0.226 e. The molecule has 0 unspecified atom stereocenters. The molecule has 2 aromatic carbocycles. The second-order valence-corrected chi connectivity index (χ2v) is 8.40. The lowest BCUT2D eigenvalue weighted by molar-refractivity contribution is -0.115. The van der Waals surface area contributed by atoms with Gasteiger partial charge in [0.2, 0.25) is 5.91 Å². The quantitative estimate of drug-likeness (QED) is 0.680. The lowest BCUT2D eigenvalue weighted by Crippen LogP contribution is -2.19. The van der Waals surface area contributed by atoms with Gasteiger partial charge in [-0.05, 0) is 24.6 Å². The highest BCUT2D eigenvalue weighted by Crippen LogP contribution is 2.14. The van der Waals surface area contributed by atoms with Crippen LogP contribution >= 0.6 is 0 Å². The molecular weight excluding hydrogens is 362 g/mol. The molecule has 3 rings (SSSR count). The minimum atomic E-state index is -3.49. The van der Waals surface area contributed by atoms with Gasteiger partial charge in [0.05, 0.1) is 23.4 Å². The molecule has 0 saturated carbocycles. The van der Waals surface area contributed by atoms with Crippen LogP contribution < -0.4 is 5.32 Å². The third-order valence-corrected chi connectivity index (χ3v) is 5.87. The van der Waals surface area contributed by atoms with Gasteiger partial charge in [-0.25, -0.2) is 13.1 Å². The summed E-state index contributed by atoms with van der Waals surface area (Å²) in [5.74, 6) is -0.0635. The van der Waals surface area contributed by atoms with E-state index in [0.717, 1.165) is 11.1 Å². The van der Waals surface area contributed by atoms with Crippen molar-refractivity contribution in [1.82, 2.24) is 9.78 Å². The summed E-state index contributed by atoms with van der Waals surface area (Å²) in [6.07, 6.45) is 1.48. The molecule has 0 aliphatic heterocycles. The minimum absolute atomic E-state index is 0.118. The Bertz CT molecular complexity index is 1010. The van der Waals surface area contributed by atoms with E-state index in [4.69, 9.17) is 0 Å². The van der Waals surface area contributed by atoms with Gasteiger partial charge in [-0.3, -0.25) is 4.79 Å². The molecule has 140 valence electrons. The molecule has 1 amide bonds. The molecule has 0 saturated heterocycles. The van der Waals surface area contributed by atoms with Crippen molar-refractivity contribution in [3.8, 4) is 0 Å². The van der Waals surface area contributed by atoms with E-state index >= 15 is 0 Å². The summed E-state index contributed by atoms with van der Waals surface area (Å²) in [7, 11) is -3.49. The molecule has 7 heteroatoms. The zero-order chi connectivity index (χ0) is 19.3. The number of hydrogen-bond donors (Lipinski definition) is 1. The average molecular weight is 383 g/mol. The highest BCUT2D eigenvalue weighted by Gasteiger charge is 2.17. The monoisotopic (exact) mass is 383 g/mol. The van der Waals surface area contributed by atoms with Crippen molar-refractivity contribution in [1.29, 1.82) is 0 Å². The number of benzene rings is 2. The number of anilines is 1. The third kappa shape index (κ3) is 5.04. The fourth-order valence-corrected chi connectivity index (χ4v) is 3.86. The minimum Gasteiger partial charge on any atom is -0.311 e. The summed E-state index contributed by atoms with van der Waals surface area (Å²) in [5.41, 5.74) is 2.04. The number of carbonyl (C=O) groups is 1. The Morgan fingerprint density at radius 1 is 1.04 bits per heavy atom. The largest absolute Gasteiger partial charge is 0.311 e. The van der Waals surface area contributed by atoms with E-state index in [1.165, 1.54) is 0 Å². The van der Waals surface area contributed by atoms with Crippen LogP contribution in [0.3, 0.4) is 0 Å². The molecule has 0 aliphatic carbocycles. The summed E-state index contributed by atoms with van der Waals surface area (Å²) < 4.78 is 26.4. The van der Waals surface area contributed by atoms with E-state index in [-0.39, 0.29) is 23.0 Å². The molecule has 1 aromatic heterocycles. The summed E-state index contributed by atoms with van der Waals surface area (Å²) >= 11 is 0.